The van der Waals surface area contributed by atoms with E-state index in [0.717, 1.165) is 85.8 Å². The highest BCUT2D eigenvalue weighted by Gasteiger charge is 2.24. The maximum atomic E-state index is 8.76. The van der Waals surface area contributed by atoms with Crippen LogP contribution in [0.4, 0.5) is 11.5 Å². The molecule has 1 aromatic carbocycles. The van der Waals surface area contributed by atoms with Crippen molar-refractivity contribution in [1.82, 2.24) is 15.0 Å². The Morgan fingerprint density at radius 2 is 1.85 bits per heavy atom. The number of ether oxygens (including phenoxy) is 3. The molecule has 9 nitrogen and oxygen atoms in total. The van der Waals surface area contributed by atoms with Crippen molar-refractivity contribution in [3.05, 3.63) is 48.4 Å². The molecular formula is C25H31N5O4. The van der Waals surface area contributed by atoms with Crippen LogP contribution in [0.5, 0.6) is 5.75 Å². The Morgan fingerprint density at radius 1 is 1.03 bits per heavy atom. The highest BCUT2D eigenvalue weighted by atomic mass is 16.6. The molecule has 0 radical (unpaired) electrons. The number of pyridine rings is 1. The fourth-order valence-electron chi connectivity index (χ4n) is 4.60. The van der Waals surface area contributed by atoms with Crippen molar-refractivity contribution < 1.29 is 19.3 Å². The van der Waals surface area contributed by atoms with Gasteiger partial charge in [0.1, 0.15) is 23.9 Å². The lowest BCUT2D eigenvalue weighted by Gasteiger charge is -2.31. The second-order valence-electron chi connectivity index (χ2n) is 8.73. The summed E-state index contributed by atoms with van der Waals surface area (Å²) in [7, 11) is 0. The van der Waals surface area contributed by atoms with Crippen LogP contribution in [0.3, 0.4) is 0 Å². The van der Waals surface area contributed by atoms with Gasteiger partial charge in [0.2, 0.25) is 0 Å². The van der Waals surface area contributed by atoms with E-state index in [-0.39, 0.29) is 12.9 Å². The molecule has 1 saturated carbocycles. The van der Waals surface area contributed by atoms with Gasteiger partial charge in [0.25, 0.3) is 0 Å². The molecule has 3 heterocycles. The van der Waals surface area contributed by atoms with Crippen molar-refractivity contribution in [3.63, 3.8) is 0 Å². The summed E-state index contributed by atoms with van der Waals surface area (Å²) in [6.45, 7) is 3.28. The van der Waals surface area contributed by atoms with Crippen LogP contribution in [0.1, 0.15) is 31.2 Å². The van der Waals surface area contributed by atoms with E-state index in [0.29, 0.717) is 12.6 Å². The van der Waals surface area contributed by atoms with Crippen LogP contribution in [0.15, 0.2) is 42.9 Å². The summed E-state index contributed by atoms with van der Waals surface area (Å²) in [5.74, 6) is 1.67. The van der Waals surface area contributed by atoms with Crippen LogP contribution in [0.25, 0.3) is 11.0 Å². The van der Waals surface area contributed by atoms with Gasteiger partial charge < -0.3 is 29.5 Å². The van der Waals surface area contributed by atoms with Crippen molar-refractivity contribution in [2.45, 2.75) is 44.4 Å². The van der Waals surface area contributed by atoms with Crippen LogP contribution < -0.4 is 15.0 Å². The molecule has 180 valence electrons. The monoisotopic (exact) mass is 465 g/mol. The number of hydrogen-bond acceptors (Lipinski definition) is 9. The number of benzene rings is 1. The third-order valence-electron chi connectivity index (χ3n) is 6.40. The van der Waals surface area contributed by atoms with Crippen LogP contribution >= 0.6 is 0 Å². The van der Waals surface area contributed by atoms with Gasteiger partial charge in [-0.2, -0.15) is 0 Å². The van der Waals surface area contributed by atoms with Gasteiger partial charge in [-0.15, -0.1) is 0 Å². The summed E-state index contributed by atoms with van der Waals surface area (Å²) < 4.78 is 17.0. The van der Waals surface area contributed by atoms with E-state index in [1.807, 2.05) is 12.1 Å². The molecule has 0 unspecified atom stereocenters. The molecule has 5 rings (SSSR count). The molecule has 0 spiro atoms. The molecule has 9 heteroatoms. The van der Waals surface area contributed by atoms with Crippen molar-refractivity contribution >= 4 is 22.5 Å². The molecule has 3 aromatic rings. The first-order valence-corrected chi connectivity index (χ1v) is 11.9. The largest absolute Gasteiger partial charge is 0.488 e. The highest BCUT2D eigenvalue weighted by Crippen LogP contribution is 2.33. The van der Waals surface area contributed by atoms with Gasteiger partial charge in [-0.3, -0.25) is 4.98 Å². The first kappa shape index (κ1) is 22.8. The number of fused-ring (bicyclic) bond motifs is 1. The minimum Gasteiger partial charge on any atom is -0.488 e. The second-order valence-corrected chi connectivity index (χ2v) is 8.73. The maximum Gasteiger partial charge on any atom is 0.149 e. The summed E-state index contributed by atoms with van der Waals surface area (Å²) in [6.07, 6.45) is 9.32. The Morgan fingerprint density at radius 3 is 2.62 bits per heavy atom. The standard InChI is InChI=1S/C25H31N5O4/c31-17-33-16-18-1-6-24(28-15-18)29-19-2-4-21(5-3-19)34-23-14-20(30-9-11-32-12-10-30)13-22-25(23)27-8-7-26-22/h1,6-8,13-15,19,21,31H,2-5,9-12,16-17H2,(H,28,29)/t19-,21+. The zero-order valence-corrected chi connectivity index (χ0v) is 19.2. The normalized spacial score (nSPS) is 20.9. The zero-order chi connectivity index (χ0) is 23.2. The Labute approximate surface area is 199 Å². The number of anilines is 2. The predicted molar refractivity (Wildman–Crippen MR) is 129 cm³/mol. The molecule has 0 bridgehead atoms. The topological polar surface area (TPSA) is 102 Å². The fourth-order valence-corrected chi connectivity index (χ4v) is 4.60. The average molecular weight is 466 g/mol. The predicted octanol–water partition coefficient (Wildman–Crippen LogP) is 3.13. The molecule has 0 atom stereocenters. The van der Waals surface area contributed by atoms with Gasteiger partial charge >= 0.3 is 0 Å². The number of aliphatic hydroxyl groups excluding tert-OH is 1. The molecule has 0 amide bonds. The van der Waals surface area contributed by atoms with Crippen LogP contribution in [-0.4, -0.2) is 65.3 Å². The molecule has 1 aliphatic carbocycles. The average Bonchev–Trinajstić information content (AvgIpc) is 2.90. The van der Waals surface area contributed by atoms with E-state index in [1.54, 1.807) is 18.6 Å². The SMILES string of the molecule is OCOCc1ccc(N[C@H]2CC[C@@H](Oc3cc(N4CCOCC4)cc4nccnc34)CC2)nc1. The number of nitrogens with one attached hydrogen (secondary N) is 1. The smallest absolute Gasteiger partial charge is 0.149 e. The lowest BCUT2D eigenvalue weighted by atomic mass is 9.93. The Balaban J connectivity index is 1.21. The maximum absolute atomic E-state index is 8.76. The second kappa shape index (κ2) is 10.9. The molecule has 2 N–H and O–H groups in total. The number of aromatic nitrogens is 3. The van der Waals surface area contributed by atoms with Crippen molar-refractivity contribution in [3.8, 4) is 5.75 Å². The number of nitrogens with zero attached hydrogens (tertiary/aromatic N) is 4. The van der Waals surface area contributed by atoms with E-state index in [4.69, 9.17) is 19.3 Å². The van der Waals surface area contributed by atoms with Crippen molar-refractivity contribution in [2.75, 3.05) is 43.3 Å². The third kappa shape index (κ3) is 5.55. The Bertz CT molecular complexity index is 1070. The van der Waals surface area contributed by atoms with Crippen molar-refractivity contribution in [1.29, 1.82) is 0 Å². The van der Waals surface area contributed by atoms with E-state index >= 15 is 0 Å². The first-order valence-electron chi connectivity index (χ1n) is 11.9. The molecule has 2 aliphatic rings. The van der Waals surface area contributed by atoms with Gasteiger partial charge in [-0.25, -0.2) is 9.97 Å². The van der Waals surface area contributed by atoms with E-state index in [2.05, 4.69) is 37.3 Å². The first-order chi connectivity index (χ1) is 16.8. The van der Waals surface area contributed by atoms with Gasteiger partial charge in [0, 0.05) is 49.5 Å². The molecule has 1 saturated heterocycles. The van der Waals surface area contributed by atoms with Gasteiger partial charge in [-0.05, 0) is 43.4 Å². The molecule has 1 aliphatic heterocycles. The quantitative estimate of drug-likeness (QED) is 0.486. The summed E-state index contributed by atoms with van der Waals surface area (Å²) in [5, 5.41) is 12.3. The van der Waals surface area contributed by atoms with Gasteiger partial charge in [-0.1, -0.05) is 6.07 Å². The number of hydrogen-bond donors (Lipinski definition) is 2. The van der Waals surface area contributed by atoms with Crippen LogP contribution in [0.2, 0.25) is 0 Å². The Hall–Kier alpha value is -3.01. The van der Waals surface area contributed by atoms with Crippen LogP contribution in [0, 0.1) is 0 Å². The van der Waals surface area contributed by atoms with E-state index < -0.39 is 0 Å². The van der Waals surface area contributed by atoms with Gasteiger partial charge in [0.15, 0.2) is 0 Å². The fraction of sp³-hybridized carbons (Fsp3) is 0.480. The van der Waals surface area contributed by atoms with Gasteiger partial charge in [0.05, 0.1) is 31.4 Å². The minimum atomic E-state index is -0.287. The molecule has 2 aromatic heterocycles. The molecule has 34 heavy (non-hydrogen) atoms. The number of aliphatic hydroxyl groups is 1. The number of morpholine rings is 1. The Kier molecular flexibility index (Phi) is 7.33. The van der Waals surface area contributed by atoms with Crippen molar-refractivity contribution in [2.24, 2.45) is 0 Å². The summed E-state index contributed by atoms with van der Waals surface area (Å²) in [4.78, 5) is 15.9. The summed E-state index contributed by atoms with van der Waals surface area (Å²) in [5.41, 5.74) is 3.72. The van der Waals surface area contributed by atoms with E-state index in [1.165, 1.54) is 0 Å². The minimum absolute atomic E-state index is 0.147. The third-order valence-corrected chi connectivity index (χ3v) is 6.40. The lowest BCUT2D eigenvalue weighted by molar-refractivity contribution is -0.0113. The summed E-state index contributed by atoms with van der Waals surface area (Å²) in [6, 6.07) is 8.49. The highest BCUT2D eigenvalue weighted by molar-refractivity contribution is 5.85. The van der Waals surface area contributed by atoms with E-state index in [9.17, 15) is 0 Å². The van der Waals surface area contributed by atoms with Crippen LogP contribution in [-0.2, 0) is 16.1 Å². The number of rotatable bonds is 8. The molecular weight excluding hydrogens is 434 g/mol. The molecule has 2 fully saturated rings. The lowest BCUT2D eigenvalue weighted by Crippen LogP contribution is -2.36. The summed E-state index contributed by atoms with van der Waals surface area (Å²) >= 11 is 0. The zero-order valence-electron chi connectivity index (χ0n) is 19.2.